The number of rotatable bonds is 38. The number of nitrogens with one attached hydrogen (secondary N) is 1. The predicted octanol–water partition coefficient (Wildman–Crippen LogP) is 2.64. The van der Waals surface area contributed by atoms with Gasteiger partial charge in [0.25, 0.3) is 11.8 Å². The van der Waals surface area contributed by atoms with Crippen LogP contribution in [0.2, 0.25) is 0 Å². The molecule has 2 aromatic rings. The first kappa shape index (κ1) is 55.8. The minimum Gasteiger partial charge on any atom is -0.496 e. The minimum atomic E-state index is -0.399. The topological polar surface area (TPSA) is 236 Å². The molecule has 0 bridgehead atoms. The molecule has 0 spiro atoms. The summed E-state index contributed by atoms with van der Waals surface area (Å²) in [5.41, 5.74) is 4.40. The molecule has 0 saturated carbocycles. The number of aliphatic hydroxyl groups is 1. The number of benzene rings is 2. The zero-order valence-electron chi connectivity index (χ0n) is 41.4. The number of aliphatic hydroxyl groups excluding tert-OH is 1. The second kappa shape index (κ2) is 30.5. The average Bonchev–Trinajstić information content (AvgIpc) is 4.12. The molecule has 0 fully saturated rings. The van der Waals surface area contributed by atoms with E-state index >= 15 is 0 Å². The highest BCUT2D eigenvalue weighted by molar-refractivity contribution is 6.13. The monoisotopic (exact) mass is 1010 g/mol. The van der Waals surface area contributed by atoms with E-state index in [9.17, 15) is 24.3 Å². The zero-order valence-corrected chi connectivity index (χ0v) is 41.4. The van der Waals surface area contributed by atoms with Gasteiger partial charge in [-0.1, -0.05) is 11.7 Å². The Balaban J connectivity index is 0.735. The fraction of sp³-hybridized carbons (Fsp3) is 0.588. The summed E-state index contributed by atoms with van der Waals surface area (Å²) in [6.45, 7) is 12.6. The molecule has 21 nitrogen and oxygen atoms in total. The van der Waals surface area contributed by atoms with E-state index in [1.54, 1.807) is 13.2 Å². The largest absolute Gasteiger partial charge is 0.496 e. The SMILES string of the molecule is C=C(C)[C@H]1Cc2c(ccc(C3=NOC4COc5cc(CO)c(OC)cc5C34)c2OCC(=O)CCCNC(=O)CCOCCOCCOCCOCCOCCOCCOCCOCCN2C(=O)C=CC2=O)O1. The third kappa shape index (κ3) is 17.1. The van der Waals surface area contributed by atoms with Crippen LogP contribution in [0.25, 0.3) is 0 Å². The molecule has 2 unspecified atom stereocenters. The summed E-state index contributed by atoms with van der Waals surface area (Å²) in [5.74, 6) is 1.02. The van der Waals surface area contributed by atoms with Gasteiger partial charge in [0, 0.05) is 60.2 Å². The maximum atomic E-state index is 13.2. The molecule has 0 aliphatic carbocycles. The Labute approximate surface area is 419 Å². The highest BCUT2D eigenvalue weighted by Crippen LogP contribution is 2.47. The number of ketones is 1. The van der Waals surface area contributed by atoms with Crippen molar-refractivity contribution in [2.75, 3.05) is 139 Å². The molecule has 6 rings (SSSR count). The van der Waals surface area contributed by atoms with Gasteiger partial charge in [-0.25, -0.2) is 0 Å². The summed E-state index contributed by atoms with van der Waals surface area (Å²) in [7, 11) is 1.55. The maximum absolute atomic E-state index is 13.2. The van der Waals surface area contributed by atoms with E-state index in [0.29, 0.717) is 152 Å². The van der Waals surface area contributed by atoms with E-state index in [1.165, 1.54) is 12.2 Å². The fourth-order valence-corrected chi connectivity index (χ4v) is 7.96. The molecule has 3 amide bonds. The van der Waals surface area contributed by atoms with E-state index in [4.69, 9.17) is 61.7 Å². The Bertz CT molecular complexity index is 2150. The molecule has 396 valence electrons. The lowest BCUT2D eigenvalue weighted by Gasteiger charge is -2.29. The molecule has 0 saturated heterocycles. The summed E-state index contributed by atoms with van der Waals surface area (Å²) in [6.07, 6.45) is 3.20. The molecule has 21 heteroatoms. The Hall–Kier alpha value is -5.49. The summed E-state index contributed by atoms with van der Waals surface area (Å²) in [5, 5.41) is 17.3. The molecule has 0 radical (unpaired) electrons. The van der Waals surface area contributed by atoms with E-state index in [2.05, 4.69) is 17.1 Å². The Morgan fingerprint density at radius 3 is 1.94 bits per heavy atom. The van der Waals surface area contributed by atoms with Crippen LogP contribution in [-0.4, -0.2) is 191 Å². The molecule has 4 aliphatic rings. The number of ether oxygens (including phenoxy) is 12. The highest BCUT2D eigenvalue weighted by atomic mass is 16.7. The number of fused-ring (bicyclic) bond motifs is 4. The first-order valence-electron chi connectivity index (χ1n) is 24.4. The van der Waals surface area contributed by atoms with Crippen molar-refractivity contribution in [1.29, 1.82) is 0 Å². The smallest absolute Gasteiger partial charge is 0.253 e. The summed E-state index contributed by atoms with van der Waals surface area (Å²) in [4.78, 5) is 55.5. The molecule has 3 atom stereocenters. The standard InChI is InChI=1S/C51H69N3O18/c1-35(2)42-31-40-41(71-42)7-6-38(50-49-39-30-43(60-3)36(32-55)29-44(39)69-34-45(49)72-53-50)51(40)70-33-37(56)5-4-11-52-46(57)10-13-61-15-17-63-19-21-65-23-25-67-27-28-68-26-24-66-22-20-64-18-16-62-14-12-54-47(58)8-9-48(54)59/h6-9,29-30,42,45,49,55H,1,4-5,10-28,31-34H2,2-3H3,(H,52,57)/t42-,45?,49?/m1/s1. The van der Waals surface area contributed by atoms with Gasteiger partial charge < -0.3 is 72.1 Å². The summed E-state index contributed by atoms with van der Waals surface area (Å²) >= 11 is 0. The van der Waals surface area contributed by atoms with E-state index in [0.717, 1.165) is 21.6 Å². The fourth-order valence-electron chi connectivity index (χ4n) is 7.96. The molecule has 2 N–H and O–H groups in total. The van der Waals surface area contributed by atoms with Gasteiger partial charge in [-0.2, -0.15) is 0 Å². The Morgan fingerprint density at radius 1 is 0.792 bits per heavy atom. The van der Waals surface area contributed by atoms with E-state index < -0.39 is 6.10 Å². The van der Waals surface area contributed by atoms with Gasteiger partial charge in [0.2, 0.25) is 5.91 Å². The number of carbonyl (C=O) groups excluding carboxylic acids is 4. The van der Waals surface area contributed by atoms with Crippen LogP contribution in [0.3, 0.4) is 0 Å². The molecule has 4 heterocycles. The molecule has 4 aliphatic heterocycles. The lowest BCUT2D eigenvalue weighted by atomic mass is 9.83. The van der Waals surface area contributed by atoms with E-state index in [-0.39, 0.29) is 87.9 Å². The zero-order chi connectivity index (χ0) is 50.9. The van der Waals surface area contributed by atoms with Crippen molar-refractivity contribution >= 4 is 29.2 Å². The summed E-state index contributed by atoms with van der Waals surface area (Å²) < 4.78 is 67.9. The van der Waals surface area contributed by atoms with Crippen molar-refractivity contribution in [2.24, 2.45) is 5.16 Å². The van der Waals surface area contributed by atoms with Crippen molar-refractivity contribution in [1.82, 2.24) is 10.2 Å². The van der Waals surface area contributed by atoms with Crippen molar-refractivity contribution in [3.63, 3.8) is 0 Å². The number of hydrogen-bond acceptors (Lipinski definition) is 19. The van der Waals surface area contributed by atoms with Gasteiger partial charge in [-0.15, -0.1) is 0 Å². The maximum Gasteiger partial charge on any atom is 0.253 e. The number of nitrogens with zero attached hydrogens (tertiary/aromatic N) is 2. The Kier molecular flexibility index (Phi) is 23.7. The van der Waals surface area contributed by atoms with Crippen molar-refractivity contribution in [3.8, 4) is 23.0 Å². The van der Waals surface area contributed by atoms with Crippen molar-refractivity contribution in [3.05, 3.63) is 70.8 Å². The highest BCUT2D eigenvalue weighted by Gasteiger charge is 2.44. The van der Waals surface area contributed by atoms with Crippen molar-refractivity contribution in [2.45, 2.75) is 57.3 Å². The number of Topliss-reactive ketones (excluding diaryl/α,β-unsaturated/α-hetero) is 1. The Morgan fingerprint density at radius 2 is 1.38 bits per heavy atom. The molecule has 72 heavy (non-hydrogen) atoms. The number of imide groups is 1. The number of oxime groups is 1. The third-order valence-electron chi connectivity index (χ3n) is 11.7. The first-order chi connectivity index (χ1) is 35.2. The third-order valence-corrected chi connectivity index (χ3v) is 11.7. The van der Waals surface area contributed by atoms with Gasteiger partial charge in [0.05, 0.1) is 132 Å². The van der Waals surface area contributed by atoms with Gasteiger partial charge in [0.15, 0.2) is 11.9 Å². The molecular formula is C51H69N3O18. The van der Waals surface area contributed by atoms with Crippen molar-refractivity contribution < 1.29 is 86.0 Å². The van der Waals surface area contributed by atoms with E-state index in [1.807, 2.05) is 25.1 Å². The van der Waals surface area contributed by atoms with Crippen LogP contribution < -0.4 is 24.3 Å². The van der Waals surface area contributed by atoms with Gasteiger partial charge in [-0.05, 0) is 43.2 Å². The molecule has 2 aromatic carbocycles. The van der Waals surface area contributed by atoms with Gasteiger partial charge in [-0.3, -0.25) is 24.1 Å². The van der Waals surface area contributed by atoms with Crippen LogP contribution in [0.15, 0.2) is 53.7 Å². The van der Waals surface area contributed by atoms with Crippen LogP contribution in [0.1, 0.15) is 54.4 Å². The summed E-state index contributed by atoms with van der Waals surface area (Å²) in [6, 6.07) is 7.38. The van der Waals surface area contributed by atoms with Crippen LogP contribution in [0.4, 0.5) is 0 Å². The second-order valence-electron chi connectivity index (χ2n) is 16.9. The lowest BCUT2D eigenvalue weighted by Crippen LogP contribution is -2.33. The number of methoxy groups -OCH3 is 1. The predicted molar refractivity (Wildman–Crippen MR) is 258 cm³/mol. The minimum absolute atomic E-state index is 0.128. The van der Waals surface area contributed by atoms with Crippen LogP contribution in [0, 0.1) is 0 Å². The second-order valence-corrected chi connectivity index (χ2v) is 16.9. The van der Waals surface area contributed by atoms with Crippen LogP contribution in [0.5, 0.6) is 23.0 Å². The van der Waals surface area contributed by atoms with Crippen LogP contribution in [-0.2, 0) is 74.9 Å². The number of amides is 3. The number of carbonyl (C=O) groups is 4. The van der Waals surface area contributed by atoms with Gasteiger partial charge >= 0.3 is 0 Å². The normalized spacial score (nSPS) is 17.5. The molecule has 0 aromatic heterocycles. The molecular weight excluding hydrogens is 943 g/mol. The van der Waals surface area contributed by atoms with Gasteiger partial charge in [0.1, 0.15) is 48.0 Å². The van der Waals surface area contributed by atoms with Crippen LogP contribution >= 0.6 is 0 Å². The first-order valence-corrected chi connectivity index (χ1v) is 24.4. The average molecular weight is 1010 g/mol. The lowest BCUT2D eigenvalue weighted by molar-refractivity contribution is -0.137. The quantitative estimate of drug-likeness (QED) is 0.0559. The number of hydrogen-bond donors (Lipinski definition) is 2.